The van der Waals surface area contributed by atoms with Crippen LogP contribution >= 0.6 is 0 Å². The van der Waals surface area contributed by atoms with Crippen LogP contribution in [0.25, 0.3) is 5.69 Å². The minimum absolute atomic E-state index is 0.112. The highest BCUT2D eigenvalue weighted by molar-refractivity contribution is 6.23. The summed E-state index contributed by atoms with van der Waals surface area (Å²) in [5.74, 6) is -2.00. The zero-order chi connectivity index (χ0) is 20.6. The number of ether oxygens (including phenoxy) is 1. The summed E-state index contributed by atoms with van der Waals surface area (Å²) in [6, 6.07) is 5.50. The molecular formula is C18H18N4O6. The van der Waals surface area contributed by atoms with E-state index in [4.69, 9.17) is 10.5 Å². The van der Waals surface area contributed by atoms with E-state index in [0.717, 1.165) is 10.6 Å². The molecule has 10 heteroatoms. The molecule has 0 saturated carbocycles. The molecule has 28 heavy (non-hydrogen) atoms. The zero-order valence-corrected chi connectivity index (χ0v) is 15.1. The van der Waals surface area contributed by atoms with Crippen molar-refractivity contribution < 1.29 is 24.2 Å². The molecule has 0 aliphatic carbocycles. The second-order valence-corrected chi connectivity index (χ2v) is 6.05. The lowest BCUT2D eigenvalue weighted by molar-refractivity contribution is -0.123. The lowest BCUT2D eigenvalue weighted by Crippen LogP contribution is -2.28. The summed E-state index contributed by atoms with van der Waals surface area (Å²) in [6.07, 6.45) is -1.29. The largest absolute Gasteiger partial charge is 0.494 e. The number of benzene rings is 1. The maximum atomic E-state index is 12.7. The normalized spacial score (nSPS) is 13.7. The van der Waals surface area contributed by atoms with E-state index in [9.17, 15) is 24.3 Å². The Morgan fingerprint density at radius 2 is 2.00 bits per heavy atom. The second kappa shape index (κ2) is 7.16. The van der Waals surface area contributed by atoms with Gasteiger partial charge in [-0.05, 0) is 26.0 Å². The summed E-state index contributed by atoms with van der Waals surface area (Å²) < 4.78 is 6.43. The van der Waals surface area contributed by atoms with Crippen molar-refractivity contribution in [3.63, 3.8) is 0 Å². The summed E-state index contributed by atoms with van der Waals surface area (Å²) in [5.41, 5.74) is 5.42. The van der Waals surface area contributed by atoms with Crippen LogP contribution in [-0.2, 0) is 4.79 Å². The van der Waals surface area contributed by atoms with Gasteiger partial charge in [0.05, 0.1) is 29.1 Å². The third-order valence-electron chi connectivity index (χ3n) is 4.11. The Balaban J connectivity index is 2.25. The van der Waals surface area contributed by atoms with Gasteiger partial charge in [0, 0.05) is 12.1 Å². The Bertz CT molecular complexity index is 1060. The van der Waals surface area contributed by atoms with Crippen molar-refractivity contribution in [3.8, 4) is 11.4 Å². The first-order valence-corrected chi connectivity index (χ1v) is 8.42. The van der Waals surface area contributed by atoms with Crippen molar-refractivity contribution in [3.05, 3.63) is 45.7 Å². The van der Waals surface area contributed by atoms with Crippen molar-refractivity contribution in [1.82, 2.24) is 9.88 Å². The summed E-state index contributed by atoms with van der Waals surface area (Å²) in [5, 5.41) is 14.0. The van der Waals surface area contributed by atoms with Crippen LogP contribution in [0.5, 0.6) is 5.75 Å². The Labute approximate surface area is 158 Å². The van der Waals surface area contributed by atoms with Gasteiger partial charge in [-0.2, -0.15) is 0 Å². The van der Waals surface area contributed by atoms with Gasteiger partial charge in [-0.15, -0.1) is 0 Å². The lowest BCUT2D eigenvalue weighted by atomic mass is 10.1. The Morgan fingerprint density at radius 1 is 1.29 bits per heavy atom. The fourth-order valence-electron chi connectivity index (χ4n) is 2.82. The maximum Gasteiger partial charge on any atom is 0.262 e. The molecule has 1 unspecified atom stereocenters. The number of nitrogen functional groups attached to an aromatic ring is 1. The van der Waals surface area contributed by atoms with Crippen molar-refractivity contribution in [1.29, 1.82) is 0 Å². The molecule has 1 aromatic carbocycles. The van der Waals surface area contributed by atoms with E-state index < -0.39 is 29.4 Å². The average molecular weight is 386 g/mol. The van der Waals surface area contributed by atoms with Crippen molar-refractivity contribution >= 4 is 29.2 Å². The van der Waals surface area contributed by atoms with Crippen molar-refractivity contribution in [2.24, 2.45) is 0 Å². The first kappa shape index (κ1) is 19.1. The van der Waals surface area contributed by atoms with E-state index in [2.05, 4.69) is 10.6 Å². The highest BCUT2D eigenvalue weighted by Gasteiger charge is 2.32. The number of hydrogen-bond acceptors (Lipinski definition) is 7. The van der Waals surface area contributed by atoms with E-state index in [-0.39, 0.29) is 28.3 Å². The number of aliphatic hydroxyl groups is 1. The Kier molecular flexibility index (Phi) is 4.89. The van der Waals surface area contributed by atoms with Crippen LogP contribution in [0, 0.1) is 0 Å². The Morgan fingerprint density at radius 3 is 2.64 bits per heavy atom. The number of amides is 3. The smallest absolute Gasteiger partial charge is 0.262 e. The molecule has 0 bridgehead atoms. The van der Waals surface area contributed by atoms with Gasteiger partial charge >= 0.3 is 0 Å². The first-order chi connectivity index (χ1) is 13.2. The number of hydrogen-bond donors (Lipinski definition) is 4. The third kappa shape index (κ3) is 3.21. The van der Waals surface area contributed by atoms with Gasteiger partial charge in [-0.25, -0.2) is 0 Å². The highest BCUT2D eigenvalue weighted by atomic mass is 16.5. The topological polar surface area (TPSA) is 153 Å². The zero-order valence-electron chi connectivity index (χ0n) is 15.1. The van der Waals surface area contributed by atoms with E-state index in [1.165, 1.54) is 19.1 Å². The van der Waals surface area contributed by atoms with E-state index in [0.29, 0.717) is 12.4 Å². The second-order valence-electron chi connectivity index (χ2n) is 6.05. The summed E-state index contributed by atoms with van der Waals surface area (Å²) >= 11 is 0. The molecule has 2 aromatic rings. The van der Waals surface area contributed by atoms with E-state index in [1.807, 2.05) is 0 Å². The lowest BCUT2D eigenvalue weighted by Gasteiger charge is -2.18. The Hall–Kier alpha value is -3.66. The fraction of sp³-hybridized carbons (Fsp3) is 0.222. The molecule has 3 amide bonds. The van der Waals surface area contributed by atoms with Crippen LogP contribution < -0.4 is 26.7 Å². The monoisotopic (exact) mass is 386 g/mol. The number of imide groups is 1. The summed E-state index contributed by atoms with van der Waals surface area (Å²) in [6.45, 7) is 3.41. The van der Waals surface area contributed by atoms with Crippen LogP contribution in [0.3, 0.4) is 0 Å². The van der Waals surface area contributed by atoms with E-state index >= 15 is 0 Å². The molecular weight excluding hydrogens is 368 g/mol. The number of carbonyl (C=O) groups is 3. The molecule has 146 valence electrons. The third-order valence-corrected chi connectivity index (χ3v) is 4.11. The first-order valence-electron chi connectivity index (χ1n) is 8.42. The van der Waals surface area contributed by atoms with Crippen LogP contribution in [0.2, 0.25) is 0 Å². The van der Waals surface area contributed by atoms with Gasteiger partial charge in [-0.1, -0.05) is 0 Å². The molecule has 0 saturated heterocycles. The number of rotatable bonds is 5. The molecule has 2 heterocycles. The standard InChI is InChI=1S/C18H18N4O6/c1-3-28-9-4-5-11(20-16(25)8(2)23)12(6-9)22-13(24)7-10-14(15(22)19)18(27)21-17(10)26/h4-8,23H,3,19H2,1-2H3,(H,20,25)(H,21,26,27). The molecule has 5 N–H and O–H groups in total. The van der Waals surface area contributed by atoms with Gasteiger partial charge in [0.1, 0.15) is 17.7 Å². The number of anilines is 2. The van der Waals surface area contributed by atoms with E-state index in [1.54, 1.807) is 13.0 Å². The van der Waals surface area contributed by atoms with Crippen LogP contribution in [0.15, 0.2) is 29.1 Å². The minimum atomic E-state index is -1.29. The number of carbonyl (C=O) groups excluding carboxylic acids is 3. The molecule has 1 atom stereocenters. The number of nitrogens with two attached hydrogens (primary N) is 1. The summed E-state index contributed by atoms with van der Waals surface area (Å²) in [4.78, 5) is 48.5. The van der Waals surface area contributed by atoms with Crippen LogP contribution in [0.1, 0.15) is 34.6 Å². The molecule has 1 aliphatic heterocycles. The highest BCUT2D eigenvalue weighted by Crippen LogP contribution is 2.29. The minimum Gasteiger partial charge on any atom is -0.494 e. The summed E-state index contributed by atoms with van der Waals surface area (Å²) in [7, 11) is 0. The molecule has 1 aliphatic rings. The number of nitrogens with zero attached hydrogens (tertiary/aromatic N) is 1. The van der Waals surface area contributed by atoms with Gasteiger partial charge in [-0.3, -0.25) is 29.1 Å². The van der Waals surface area contributed by atoms with Gasteiger partial charge < -0.3 is 20.9 Å². The van der Waals surface area contributed by atoms with Crippen LogP contribution in [0.4, 0.5) is 11.5 Å². The predicted molar refractivity (Wildman–Crippen MR) is 99.7 cm³/mol. The molecule has 0 radical (unpaired) electrons. The number of nitrogens with one attached hydrogen (secondary N) is 2. The molecule has 3 rings (SSSR count). The molecule has 1 aromatic heterocycles. The maximum absolute atomic E-state index is 12.7. The van der Waals surface area contributed by atoms with Crippen LogP contribution in [-0.4, -0.2) is 40.1 Å². The van der Waals surface area contributed by atoms with Gasteiger partial charge in [0.25, 0.3) is 23.3 Å². The fourth-order valence-corrected chi connectivity index (χ4v) is 2.82. The quantitative estimate of drug-likeness (QED) is 0.529. The molecule has 0 spiro atoms. The molecule has 0 fully saturated rings. The number of aromatic nitrogens is 1. The number of aliphatic hydroxyl groups excluding tert-OH is 1. The molecule has 10 nitrogen and oxygen atoms in total. The SMILES string of the molecule is CCOc1ccc(NC(=O)C(C)O)c(-n2c(N)c3c(cc2=O)C(=O)NC3=O)c1. The average Bonchev–Trinajstić information content (AvgIpc) is 2.90. The number of pyridine rings is 1. The van der Waals surface area contributed by atoms with Gasteiger partial charge in [0.2, 0.25) is 0 Å². The predicted octanol–water partition coefficient (Wildman–Crippen LogP) is 0.0213. The van der Waals surface area contributed by atoms with Crippen molar-refractivity contribution in [2.75, 3.05) is 17.7 Å². The van der Waals surface area contributed by atoms with Gasteiger partial charge in [0.15, 0.2) is 0 Å². The van der Waals surface area contributed by atoms with Crippen molar-refractivity contribution in [2.45, 2.75) is 20.0 Å². The number of fused-ring (bicyclic) bond motifs is 1.